The fourth-order valence-corrected chi connectivity index (χ4v) is 2.82. The van der Waals surface area contributed by atoms with Gasteiger partial charge in [-0.15, -0.1) is 0 Å². The van der Waals surface area contributed by atoms with Crippen LogP contribution in [0.4, 0.5) is 5.82 Å². The highest BCUT2D eigenvalue weighted by atomic mass is 16.5. The van der Waals surface area contributed by atoms with Crippen molar-refractivity contribution in [3.05, 3.63) is 40.7 Å². The molecule has 3 aromatic heterocycles. The van der Waals surface area contributed by atoms with E-state index in [-0.39, 0.29) is 23.6 Å². The van der Waals surface area contributed by atoms with Crippen LogP contribution in [-0.4, -0.2) is 34.8 Å². The molecule has 0 amide bonds. The molecule has 0 aliphatic rings. The van der Waals surface area contributed by atoms with E-state index in [0.29, 0.717) is 39.6 Å². The minimum atomic E-state index is -0.591. The number of anilines is 1. The first-order chi connectivity index (χ1) is 13.8. The fraction of sp³-hybridized carbons (Fsp3) is 0.211. The quantitative estimate of drug-likeness (QED) is 0.494. The summed E-state index contributed by atoms with van der Waals surface area (Å²) in [7, 11) is 1.27. The number of rotatable bonds is 3. The zero-order valence-electron chi connectivity index (χ0n) is 16.1. The molecular weight excluding hydrogens is 380 g/mol. The van der Waals surface area contributed by atoms with Gasteiger partial charge in [-0.25, -0.2) is 9.78 Å². The van der Waals surface area contributed by atoms with E-state index in [1.807, 2.05) is 0 Å². The molecule has 0 saturated heterocycles. The van der Waals surface area contributed by atoms with Gasteiger partial charge in [0, 0.05) is 22.8 Å². The lowest BCUT2D eigenvalue weighted by Gasteiger charge is -2.09. The van der Waals surface area contributed by atoms with Crippen LogP contribution in [0.15, 0.2) is 21.1 Å². The third-order valence-corrected chi connectivity index (χ3v) is 4.04. The Morgan fingerprint density at radius 2 is 1.93 bits per heavy atom. The lowest BCUT2D eigenvalue weighted by Crippen LogP contribution is -2.01. The van der Waals surface area contributed by atoms with Crippen molar-refractivity contribution in [1.82, 2.24) is 10.1 Å². The summed E-state index contributed by atoms with van der Waals surface area (Å²) in [5, 5.41) is 20.3. The van der Waals surface area contributed by atoms with Crippen molar-refractivity contribution < 1.29 is 28.4 Å². The van der Waals surface area contributed by atoms with Crippen LogP contribution in [-0.2, 0) is 9.53 Å². The monoisotopic (exact) mass is 398 g/mol. The summed E-state index contributed by atoms with van der Waals surface area (Å²) < 4.78 is 15.3. The Morgan fingerprint density at radius 3 is 2.45 bits per heavy atom. The van der Waals surface area contributed by atoms with Crippen molar-refractivity contribution in [1.29, 1.82) is 5.26 Å². The van der Waals surface area contributed by atoms with Crippen LogP contribution in [0.25, 0.3) is 22.4 Å². The highest BCUT2D eigenvalue weighted by molar-refractivity contribution is 5.89. The first kappa shape index (κ1) is 21.2. The summed E-state index contributed by atoms with van der Waals surface area (Å²) >= 11 is 0. The maximum Gasteiger partial charge on any atom is 0.373 e. The Labute approximate surface area is 165 Å². The second-order valence-corrected chi connectivity index (χ2v) is 5.80. The van der Waals surface area contributed by atoms with Crippen molar-refractivity contribution in [2.24, 2.45) is 0 Å². The van der Waals surface area contributed by atoms with E-state index in [2.05, 4.69) is 20.9 Å². The number of furan rings is 1. The number of carbonyl (C=O) groups excluding carboxylic acids is 1. The molecule has 3 N–H and O–H groups in total. The molecule has 0 bridgehead atoms. The maximum absolute atomic E-state index is 11.7. The van der Waals surface area contributed by atoms with Gasteiger partial charge in [0.1, 0.15) is 29.0 Å². The molecule has 0 saturated carbocycles. The van der Waals surface area contributed by atoms with Crippen molar-refractivity contribution in [2.45, 2.75) is 20.8 Å². The SMILES string of the molecule is COC(=O)c1cc(-c2cc(-c3c(C)noc3C)c(C#N)c(N)n2)c(C)o1.O=CO. The number of pyridine rings is 1. The van der Waals surface area contributed by atoms with Gasteiger partial charge in [-0.2, -0.15) is 5.26 Å². The van der Waals surface area contributed by atoms with Crippen LogP contribution in [0.5, 0.6) is 0 Å². The highest BCUT2D eigenvalue weighted by Gasteiger charge is 2.22. The molecule has 3 heterocycles. The summed E-state index contributed by atoms with van der Waals surface area (Å²) in [6.45, 7) is 4.99. The zero-order chi connectivity index (χ0) is 21.7. The minimum Gasteiger partial charge on any atom is -0.483 e. The van der Waals surface area contributed by atoms with Gasteiger partial charge in [0.05, 0.1) is 18.5 Å². The minimum absolute atomic E-state index is 0.0589. The molecule has 0 spiro atoms. The molecule has 0 aliphatic carbocycles. The Kier molecular flexibility index (Phi) is 6.36. The lowest BCUT2D eigenvalue weighted by molar-refractivity contribution is -0.122. The predicted octanol–water partition coefficient (Wildman–Crippen LogP) is 2.86. The Morgan fingerprint density at radius 1 is 1.28 bits per heavy atom. The molecule has 150 valence electrons. The Bertz CT molecular complexity index is 1090. The lowest BCUT2D eigenvalue weighted by atomic mass is 9.97. The third kappa shape index (κ3) is 4.08. The zero-order valence-corrected chi connectivity index (χ0v) is 16.1. The van der Waals surface area contributed by atoms with Gasteiger partial charge in [0.2, 0.25) is 5.76 Å². The largest absolute Gasteiger partial charge is 0.483 e. The molecule has 10 heteroatoms. The molecule has 0 unspecified atom stereocenters. The van der Waals surface area contributed by atoms with Crippen LogP contribution in [0, 0.1) is 32.1 Å². The summed E-state index contributed by atoms with van der Waals surface area (Å²) in [5.41, 5.74) is 9.17. The number of aryl methyl sites for hydroxylation is 3. The average molecular weight is 398 g/mol. The van der Waals surface area contributed by atoms with E-state index < -0.39 is 5.97 Å². The van der Waals surface area contributed by atoms with Crippen LogP contribution in [0.1, 0.15) is 33.3 Å². The molecular formula is C19H18N4O6. The molecule has 3 rings (SSSR count). The van der Waals surface area contributed by atoms with Crippen molar-refractivity contribution in [2.75, 3.05) is 12.8 Å². The first-order valence-electron chi connectivity index (χ1n) is 8.19. The van der Waals surface area contributed by atoms with Gasteiger partial charge in [0.25, 0.3) is 6.47 Å². The van der Waals surface area contributed by atoms with Gasteiger partial charge >= 0.3 is 5.97 Å². The van der Waals surface area contributed by atoms with Gasteiger partial charge in [-0.1, -0.05) is 5.16 Å². The van der Waals surface area contributed by atoms with Crippen molar-refractivity contribution in [3.8, 4) is 28.5 Å². The number of esters is 1. The summed E-state index contributed by atoms with van der Waals surface area (Å²) in [6.07, 6.45) is 0. The highest BCUT2D eigenvalue weighted by Crippen LogP contribution is 2.36. The van der Waals surface area contributed by atoms with Gasteiger partial charge in [0.15, 0.2) is 0 Å². The van der Waals surface area contributed by atoms with Crippen LogP contribution >= 0.6 is 0 Å². The summed E-state index contributed by atoms with van der Waals surface area (Å²) in [6, 6.07) is 5.32. The van der Waals surface area contributed by atoms with E-state index in [1.165, 1.54) is 13.2 Å². The predicted molar refractivity (Wildman–Crippen MR) is 101 cm³/mol. The van der Waals surface area contributed by atoms with Crippen LogP contribution in [0.2, 0.25) is 0 Å². The van der Waals surface area contributed by atoms with E-state index in [1.54, 1.807) is 26.8 Å². The number of methoxy groups -OCH3 is 1. The number of nitrogen functional groups attached to an aromatic ring is 1. The Balaban J connectivity index is 0.000000941. The first-order valence-corrected chi connectivity index (χ1v) is 8.19. The standard InChI is InChI=1S/C18H16N4O4.CH2O2/c1-8-16(10(3)26-22-8)12-5-14(21-17(20)13(12)7-19)11-6-15(18(23)24-4)25-9(11)2;2-1-3/h5-6H,1-4H3,(H2,20,21);1H,(H,2,3). The molecule has 0 aliphatic heterocycles. The topological polar surface area (TPSA) is 165 Å². The van der Waals surface area contributed by atoms with E-state index >= 15 is 0 Å². The van der Waals surface area contributed by atoms with Gasteiger partial charge in [-0.05, 0) is 26.8 Å². The van der Waals surface area contributed by atoms with Crippen LogP contribution < -0.4 is 5.73 Å². The number of carbonyl (C=O) groups is 2. The smallest absolute Gasteiger partial charge is 0.373 e. The maximum atomic E-state index is 11.7. The molecule has 10 nitrogen and oxygen atoms in total. The number of nitriles is 1. The number of nitrogens with zero attached hydrogens (tertiary/aromatic N) is 3. The molecule has 0 fully saturated rings. The molecule has 0 atom stereocenters. The number of hydrogen-bond donors (Lipinski definition) is 2. The summed E-state index contributed by atoms with van der Waals surface area (Å²) in [4.78, 5) is 24.4. The number of ether oxygens (including phenoxy) is 1. The summed E-state index contributed by atoms with van der Waals surface area (Å²) in [5.74, 6) is 0.581. The van der Waals surface area contributed by atoms with Crippen molar-refractivity contribution in [3.63, 3.8) is 0 Å². The fourth-order valence-electron chi connectivity index (χ4n) is 2.82. The molecule has 0 radical (unpaired) electrons. The van der Waals surface area contributed by atoms with Gasteiger partial charge < -0.3 is 24.5 Å². The second kappa shape index (κ2) is 8.71. The second-order valence-electron chi connectivity index (χ2n) is 5.80. The van der Waals surface area contributed by atoms with Crippen LogP contribution in [0.3, 0.4) is 0 Å². The van der Waals surface area contributed by atoms with Crippen molar-refractivity contribution >= 4 is 18.3 Å². The number of nitrogens with two attached hydrogens (primary N) is 1. The number of hydrogen-bond acceptors (Lipinski definition) is 9. The normalized spacial score (nSPS) is 9.90. The average Bonchev–Trinajstić information content (AvgIpc) is 3.23. The number of aromatic nitrogens is 2. The Hall–Kier alpha value is -4.13. The van der Waals surface area contributed by atoms with Gasteiger partial charge in [-0.3, -0.25) is 4.79 Å². The molecule has 0 aromatic carbocycles. The van der Waals surface area contributed by atoms with E-state index in [0.717, 1.165) is 0 Å². The van der Waals surface area contributed by atoms with E-state index in [4.69, 9.17) is 24.6 Å². The third-order valence-electron chi connectivity index (χ3n) is 4.04. The van der Waals surface area contributed by atoms with E-state index in [9.17, 15) is 10.1 Å². The number of carboxylic acid groups (broad SMARTS) is 1. The molecule has 3 aromatic rings. The molecule has 29 heavy (non-hydrogen) atoms.